The molecule has 0 aromatic carbocycles. The molecule has 1 aliphatic rings. The fraction of sp³-hybridized carbons (Fsp3) is 0.590. The molecule has 17 nitrogen and oxygen atoms in total. The minimum Gasteiger partial charge on any atom is -0.397 e. The number of hydrogen-bond donors (Lipinski definition) is 7. The van der Waals surface area contributed by atoms with Gasteiger partial charge in [0.1, 0.15) is 17.1 Å². The number of aryl methyl sites for hydroxylation is 2. The SMILES string of the molecule is CCCCC(=O)NCCCCCC(=O)NCCCN(C)CCCNC(=O)CCNC(=O)c1cc(NC(=O)C2=C[C@@H](NC(=O)c3cc(N)cn3C)CN2C)cn1C. The molecule has 8 N–H and O–H groups in total. The number of anilines is 2. The highest BCUT2D eigenvalue weighted by atomic mass is 16.2. The molecule has 0 radical (unpaired) electrons. The van der Waals surface area contributed by atoms with Gasteiger partial charge in [-0.1, -0.05) is 19.8 Å². The van der Waals surface area contributed by atoms with Gasteiger partial charge < -0.3 is 56.6 Å². The quantitative estimate of drug-likeness (QED) is 0.0725. The molecular formula is C39H63N11O6. The molecule has 0 fully saturated rings. The number of carbonyl (C=O) groups is 6. The highest BCUT2D eigenvalue weighted by Crippen LogP contribution is 2.19. The molecule has 0 aliphatic carbocycles. The van der Waals surface area contributed by atoms with Crippen molar-refractivity contribution in [2.45, 2.75) is 77.2 Å². The Morgan fingerprint density at radius 1 is 0.696 bits per heavy atom. The second-order valence-electron chi connectivity index (χ2n) is 14.4. The van der Waals surface area contributed by atoms with Gasteiger partial charge in [-0.05, 0) is 70.5 Å². The van der Waals surface area contributed by atoms with Crippen LogP contribution in [0.25, 0.3) is 0 Å². The van der Waals surface area contributed by atoms with E-state index in [0.29, 0.717) is 67.5 Å². The molecule has 310 valence electrons. The molecule has 56 heavy (non-hydrogen) atoms. The Hall–Kier alpha value is -5.32. The van der Waals surface area contributed by atoms with Gasteiger partial charge in [-0.25, -0.2) is 0 Å². The summed E-state index contributed by atoms with van der Waals surface area (Å²) in [5.41, 5.74) is 7.82. The number of nitrogen functional groups attached to an aromatic ring is 1. The van der Waals surface area contributed by atoms with Crippen LogP contribution in [0.15, 0.2) is 36.3 Å². The Bertz CT molecular complexity index is 1670. The minimum atomic E-state index is -0.382. The third-order valence-corrected chi connectivity index (χ3v) is 9.42. The Morgan fingerprint density at radius 3 is 1.91 bits per heavy atom. The van der Waals surface area contributed by atoms with Crippen molar-refractivity contribution in [3.8, 4) is 0 Å². The Labute approximate surface area is 330 Å². The molecule has 0 saturated carbocycles. The molecule has 0 saturated heterocycles. The molecule has 1 aliphatic heterocycles. The van der Waals surface area contributed by atoms with E-state index in [-0.39, 0.29) is 54.5 Å². The molecule has 0 unspecified atom stereocenters. The molecule has 2 aromatic heterocycles. The average Bonchev–Trinajstić information content (AvgIpc) is 3.82. The monoisotopic (exact) mass is 781 g/mol. The number of rotatable bonds is 25. The van der Waals surface area contributed by atoms with Gasteiger partial charge in [0.05, 0.1) is 17.4 Å². The maximum absolute atomic E-state index is 13.1. The minimum absolute atomic E-state index is 0.0524. The van der Waals surface area contributed by atoms with E-state index in [2.05, 4.69) is 43.7 Å². The van der Waals surface area contributed by atoms with Crippen molar-refractivity contribution in [3.05, 3.63) is 47.7 Å². The first kappa shape index (κ1) is 45.1. The van der Waals surface area contributed by atoms with E-state index in [1.165, 1.54) is 0 Å². The number of nitrogens with zero attached hydrogens (tertiary/aromatic N) is 4. The van der Waals surface area contributed by atoms with E-state index in [1.54, 1.807) is 65.8 Å². The Morgan fingerprint density at radius 2 is 1.29 bits per heavy atom. The van der Waals surface area contributed by atoms with Crippen molar-refractivity contribution in [2.24, 2.45) is 14.1 Å². The highest BCUT2D eigenvalue weighted by Gasteiger charge is 2.28. The van der Waals surface area contributed by atoms with Gasteiger partial charge in [0.25, 0.3) is 17.7 Å². The number of nitrogens with two attached hydrogens (primary N) is 1. The van der Waals surface area contributed by atoms with E-state index in [9.17, 15) is 28.8 Å². The van der Waals surface area contributed by atoms with Crippen molar-refractivity contribution in [1.82, 2.24) is 45.5 Å². The maximum Gasteiger partial charge on any atom is 0.271 e. The summed E-state index contributed by atoms with van der Waals surface area (Å²) < 4.78 is 3.24. The largest absolute Gasteiger partial charge is 0.397 e. The van der Waals surface area contributed by atoms with Gasteiger partial charge in [0.15, 0.2) is 0 Å². The molecule has 0 spiro atoms. The van der Waals surface area contributed by atoms with E-state index < -0.39 is 0 Å². The summed E-state index contributed by atoms with van der Waals surface area (Å²) in [6.45, 7) is 6.04. The van der Waals surface area contributed by atoms with Crippen LogP contribution >= 0.6 is 0 Å². The fourth-order valence-corrected chi connectivity index (χ4v) is 6.28. The van der Waals surface area contributed by atoms with Crippen LogP contribution in [0.2, 0.25) is 0 Å². The van der Waals surface area contributed by atoms with Crippen molar-refractivity contribution in [2.75, 3.05) is 71.0 Å². The van der Waals surface area contributed by atoms with Crippen LogP contribution in [0.3, 0.4) is 0 Å². The number of carbonyl (C=O) groups excluding carboxylic acids is 6. The second kappa shape index (κ2) is 23.6. The Kier molecular flexibility index (Phi) is 19.0. The van der Waals surface area contributed by atoms with Crippen LogP contribution in [-0.4, -0.2) is 120 Å². The van der Waals surface area contributed by atoms with Crippen LogP contribution in [0.5, 0.6) is 0 Å². The van der Waals surface area contributed by atoms with Gasteiger partial charge in [-0.15, -0.1) is 0 Å². The molecular weight excluding hydrogens is 718 g/mol. The number of likely N-dealkylation sites (N-methyl/N-ethyl adjacent to an activating group) is 1. The van der Waals surface area contributed by atoms with E-state index >= 15 is 0 Å². The predicted molar refractivity (Wildman–Crippen MR) is 217 cm³/mol. The summed E-state index contributed by atoms with van der Waals surface area (Å²) in [6.07, 6.45) is 12.3. The van der Waals surface area contributed by atoms with Gasteiger partial charge in [0, 0.05) is 85.5 Å². The highest BCUT2D eigenvalue weighted by molar-refractivity contribution is 6.05. The lowest BCUT2D eigenvalue weighted by molar-refractivity contribution is -0.122. The third-order valence-electron chi connectivity index (χ3n) is 9.42. The number of hydrogen-bond acceptors (Lipinski definition) is 9. The van der Waals surface area contributed by atoms with E-state index in [1.807, 2.05) is 7.05 Å². The van der Waals surface area contributed by atoms with Gasteiger partial charge in [-0.3, -0.25) is 28.8 Å². The van der Waals surface area contributed by atoms with E-state index in [4.69, 9.17) is 5.73 Å². The smallest absolute Gasteiger partial charge is 0.271 e. The zero-order valence-corrected chi connectivity index (χ0v) is 33.8. The van der Waals surface area contributed by atoms with Crippen molar-refractivity contribution >= 4 is 46.8 Å². The summed E-state index contributed by atoms with van der Waals surface area (Å²) in [5.74, 6) is -1.06. The number of aromatic nitrogens is 2. The van der Waals surface area contributed by atoms with Crippen LogP contribution in [0.1, 0.15) is 92.1 Å². The van der Waals surface area contributed by atoms with Crippen molar-refractivity contribution in [3.63, 3.8) is 0 Å². The standard InChI is InChI=1S/C39H63N11O6/c1-6-7-13-34(51)41-16-10-8-9-14-35(52)42-17-11-20-47(2)21-12-18-43-36(53)15-19-44-37(54)32-23-29(26-49(32)4)46-39(56)33-24-30(27-50(33)5)45-38(55)31-22-28(40)25-48(31)3/h22-26,30H,6-21,27,40H2,1-5H3,(H,41,51)(H,42,52)(H,43,53)(H,44,54)(H,45,55)(H,46,56)/t30-/m1/s1. The molecule has 6 amide bonds. The van der Waals surface area contributed by atoms with Gasteiger partial charge >= 0.3 is 0 Å². The lowest BCUT2D eigenvalue weighted by atomic mass is 10.2. The molecule has 3 heterocycles. The second-order valence-corrected chi connectivity index (χ2v) is 14.4. The van der Waals surface area contributed by atoms with E-state index in [0.717, 1.165) is 58.0 Å². The van der Waals surface area contributed by atoms with Crippen LogP contribution in [0, 0.1) is 0 Å². The van der Waals surface area contributed by atoms with Crippen LogP contribution in [0.4, 0.5) is 11.4 Å². The molecule has 1 atom stereocenters. The van der Waals surface area contributed by atoms with Gasteiger partial charge in [-0.2, -0.15) is 0 Å². The molecule has 2 aromatic rings. The zero-order valence-electron chi connectivity index (χ0n) is 33.8. The summed E-state index contributed by atoms with van der Waals surface area (Å²) in [7, 11) is 7.19. The predicted octanol–water partition coefficient (Wildman–Crippen LogP) is 1.44. The van der Waals surface area contributed by atoms with Crippen molar-refractivity contribution in [1.29, 1.82) is 0 Å². The Balaban J connectivity index is 1.23. The summed E-state index contributed by atoms with van der Waals surface area (Å²) in [6, 6.07) is 2.77. The summed E-state index contributed by atoms with van der Waals surface area (Å²) in [5, 5.41) is 17.3. The topological polar surface area (TPSA) is 217 Å². The third kappa shape index (κ3) is 15.8. The normalized spacial score (nSPS) is 13.6. The number of amides is 6. The number of nitrogens with one attached hydrogen (secondary N) is 6. The first-order valence-electron chi connectivity index (χ1n) is 19.7. The lowest BCUT2D eigenvalue weighted by Crippen LogP contribution is -2.37. The van der Waals surface area contributed by atoms with Crippen LogP contribution < -0.4 is 37.6 Å². The van der Waals surface area contributed by atoms with Gasteiger partial charge in [0.2, 0.25) is 17.7 Å². The summed E-state index contributed by atoms with van der Waals surface area (Å²) >= 11 is 0. The first-order chi connectivity index (χ1) is 26.8. The summed E-state index contributed by atoms with van der Waals surface area (Å²) in [4.78, 5) is 78.6. The fourth-order valence-electron chi connectivity index (χ4n) is 6.28. The number of unbranched alkanes of at least 4 members (excludes halogenated alkanes) is 3. The van der Waals surface area contributed by atoms with Crippen molar-refractivity contribution < 1.29 is 28.8 Å². The first-order valence-corrected chi connectivity index (χ1v) is 19.7. The average molecular weight is 782 g/mol. The van der Waals surface area contributed by atoms with Crippen LogP contribution in [-0.2, 0) is 33.3 Å². The zero-order chi connectivity index (χ0) is 41.0. The lowest BCUT2D eigenvalue weighted by Gasteiger charge is -2.17. The molecule has 17 heteroatoms. The maximum atomic E-state index is 13.1. The molecule has 0 bridgehead atoms. The molecule has 3 rings (SSSR count).